The van der Waals surface area contributed by atoms with Crippen molar-refractivity contribution in [3.8, 4) is 22.3 Å². The minimum Gasteiger partial charge on any atom is -0.456 e. The van der Waals surface area contributed by atoms with Gasteiger partial charge in [-0.25, -0.2) is 0 Å². The Balaban J connectivity index is 1.09. The average Bonchev–Trinajstić information content (AvgIpc) is 3.94. The second-order valence-electron chi connectivity index (χ2n) is 14.5. The lowest BCUT2D eigenvalue weighted by molar-refractivity contribution is 0.327. The lowest BCUT2D eigenvalue weighted by atomic mass is 9.67. The molecule has 3 atom stereocenters. The molecule has 8 aromatic rings. The summed E-state index contributed by atoms with van der Waals surface area (Å²) in [7, 11) is 0. The third-order valence-corrected chi connectivity index (χ3v) is 12.1. The quantitative estimate of drug-likeness (QED) is 0.193. The molecule has 2 fully saturated rings. The molecule has 49 heavy (non-hydrogen) atoms. The van der Waals surface area contributed by atoms with Gasteiger partial charge in [0.05, 0.1) is 5.69 Å². The van der Waals surface area contributed by atoms with Crippen molar-refractivity contribution in [2.45, 2.75) is 31.1 Å². The number of fused-ring (bicyclic) bond motifs is 12. The highest BCUT2D eigenvalue weighted by molar-refractivity contribution is 6.06. The van der Waals surface area contributed by atoms with Crippen molar-refractivity contribution >= 4 is 49.8 Å². The number of furan rings is 1. The maximum absolute atomic E-state index is 6.13. The van der Waals surface area contributed by atoms with Gasteiger partial charge in [0.1, 0.15) is 11.2 Å². The van der Waals surface area contributed by atoms with E-state index in [1.807, 2.05) is 12.1 Å². The highest BCUT2D eigenvalue weighted by Crippen LogP contribution is 2.67. The number of anilines is 3. The Morgan fingerprint density at radius 1 is 0.551 bits per heavy atom. The molecule has 7 aromatic carbocycles. The lowest BCUT2D eigenvalue weighted by Gasteiger charge is -2.37. The first-order valence-corrected chi connectivity index (χ1v) is 17.8. The van der Waals surface area contributed by atoms with E-state index in [0.717, 1.165) is 39.5 Å². The Kier molecular flexibility index (Phi) is 5.70. The summed E-state index contributed by atoms with van der Waals surface area (Å²) in [6.07, 6.45) is 5.39. The van der Waals surface area contributed by atoms with E-state index in [9.17, 15) is 0 Å². The number of para-hydroxylation sites is 1. The second kappa shape index (κ2) is 10.2. The predicted octanol–water partition coefficient (Wildman–Crippen LogP) is 13.0. The van der Waals surface area contributed by atoms with Crippen molar-refractivity contribution in [3.63, 3.8) is 0 Å². The molecule has 3 aliphatic carbocycles. The number of hydrogen-bond donors (Lipinski definition) is 0. The van der Waals surface area contributed by atoms with Crippen LogP contribution in [0.3, 0.4) is 0 Å². The minimum atomic E-state index is 0.139. The van der Waals surface area contributed by atoms with Gasteiger partial charge in [-0.3, -0.25) is 0 Å². The molecule has 0 saturated heterocycles. The smallest absolute Gasteiger partial charge is 0.135 e. The summed E-state index contributed by atoms with van der Waals surface area (Å²) >= 11 is 0. The van der Waals surface area contributed by atoms with Crippen molar-refractivity contribution in [3.05, 3.63) is 163 Å². The Hall–Kier alpha value is -5.60. The fourth-order valence-corrected chi connectivity index (χ4v) is 10.1. The largest absolute Gasteiger partial charge is 0.456 e. The van der Waals surface area contributed by atoms with Gasteiger partial charge in [-0.15, -0.1) is 0 Å². The highest BCUT2D eigenvalue weighted by atomic mass is 16.3. The van der Waals surface area contributed by atoms with E-state index in [4.69, 9.17) is 4.42 Å². The molecule has 1 aromatic heterocycles. The SMILES string of the molecule is c1ccc2c(c1)-c1c(N(c3ccc(-c4ccc5oc6ccccc6c5c4)cc3)c3ccc4ccccc4c3)cccc1C21CC2CCC1C2. The van der Waals surface area contributed by atoms with Crippen LogP contribution in [0.2, 0.25) is 0 Å². The number of nitrogens with zero attached hydrogens (tertiary/aromatic N) is 1. The van der Waals surface area contributed by atoms with Crippen LogP contribution in [0.1, 0.15) is 36.8 Å². The Labute approximate surface area is 286 Å². The van der Waals surface area contributed by atoms with Crippen LogP contribution in [0.15, 0.2) is 156 Å². The van der Waals surface area contributed by atoms with Gasteiger partial charge in [-0.05, 0) is 118 Å². The Bertz CT molecular complexity index is 2590. The third-order valence-electron chi connectivity index (χ3n) is 12.1. The van der Waals surface area contributed by atoms with Gasteiger partial charge in [0, 0.05) is 33.1 Å². The monoisotopic (exact) mass is 629 g/mol. The molecular weight excluding hydrogens is 595 g/mol. The zero-order valence-electron chi connectivity index (χ0n) is 27.3. The van der Waals surface area contributed by atoms with Gasteiger partial charge >= 0.3 is 0 Å². The third kappa shape index (κ3) is 3.89. The van der Waals surface area contributed by atoms with E-state index in [2.05, 4.69) is 144 Å². The van der Waals surface area contributed by atoms with Crippen molar-refractivity contribution in [1.29, 1.82) is 0 Å². The second-order valence-corrected chi connectivity index (χ2v) is 14.5. The summed E-state index contributed by atoms with van der Waals surface area (Å²) in [5, 5.41) is 4.82. The first-order chi connectivity index (χ1) is 24.2. The van der Waals surface area contributed by atoms with Crippen LogP contribution in [0.5, 0.6) is 0 Å². The van der Waals surface area contributed by atoms with E-state index < -0.39 is 0 Å². The lowest BCUT2D eigenvalue weighted by Crippen LogP contribution is -2.31. The van der Waals surface area contributed by atoms with Crippen LogP contribution in [-0.4, -0.2) is 0 Å². The van der Waals surface area contributed by atoms with Crippen molar-refractivity contribution in [2.75, 3.05) is 4.90 Å². The Morgan fingerprint density at radius 3 is 2.18 bits per heavy atom. The summed E-state index contributed by atoms with van der Waals surface area (Å²) in [6, 6.07) is 56.1. The van der Waals surface area contributed by atoms with Crippen LogP contribution in [0, 0.1) is 11.8 Å². The molecule has 0 radical (unpaired) electrons. The van der Waals surface area contributed by atoms with E-state index >= 15 is 0 Å². The molecule has 3 unspecified atom stereocenters. The van der Waals surface area contributed by atoms with Crippen molar-refractivity contribution < 1.29 is 4.42 Å². The maximum atomic E-state index is 6.13. The molecule has 0 aliphatic heterocycles. The minimum absolute atomic E-state index is 0.139. The fourth-order valence-electron chi connectivity index (χ4n) is 10.1. The molecule has 2 nitrogen and oxygen atoms in total. The van der Waals surface area contributed by atoms with Gasteiger partial charge in [0.2, 0.25) is 0 Å². The molecule has 2 bridgehead atoms. The summed E-state index contributed by atoms with van der Waals surface area (Å²) < 4.78 is 6.13. The fraction of sp³-hybridized carbons (Fsp3) is 0.149. The molecule has 1 heterocycles. The molecule has 0 N–H and O–H groups in total. The molecule has 0 amide bonds. The van der Waals surface area contributed by atoms with Gasteiger partial charge in [-0.1, -0.05) is 110 Å². The first kappa shape index (κ1) is 27.4. The molecular formula is C47H35NO. The predicted molar refractivity (Wildman–Crippen MR) is 203 cm³/mol. The molecule has 2 saturated carbocycles. The van der Waals surface area contributed by atoms with Crippen molar-refractivity contribution in [1.82, 2.24) is 0 Å². The number of rotatable bonds is 4. The maximum Gasteiger partial charge on any atom is 0.135 e. The zero-order valence-corrected chi connectivity index (χ0v) is 27.3. The van der Waals surface area contributed by atoms with Crippen LogP contribution in [0.25, 0.3) is 55.0 Å². The van der Waals surface area contributed by atoms with Crippen LogP contribution < -0.4 is 4.90 Å². The van der Waals surface area contributed by atoms with Crippen molar-refractivity contribution in [2.24, 2.45) is 11.8 Å². The summed E-state index contributed by atoms with van der Waals surface area (Å²) in [5.74, 6) is 1.57. The van der Waals surface area contributed by atoms with E-state index in [1.54, 1.807) is 11.1 Å². The van der Waals surface area contributed by atoms with Crippen LogP contribution in [-0.2, 0) is 5.41 Å². The average molecular weight is 630 g/mol. The van der Waals surface area contributed by atoms with Crippen LogP contribution >= 0.6 is 0 Å². The first-order valence-electron chi connectivity index (χ1n) is 17.8. The van der Waals surface area contributed by atoms with Gasteiger partial charge in [-0.2, -0.15) is 0 Å². The number of benzene rings is 7. The molecule has 234 valence electrons. The summed E-state index contributed by atoms with van der Waals surface area (Å²) in [4.78, 5) is 2.50. The normalized spacial score (nSPS) is 20.4. The molecule has 11 rings (SSSR count). The molecule has 2 heteroatoms. The van der Waals surface area contributed by atoms with Gasteiger partial charge in [0.25, 0.3) is 0 Å². The van der Waals surface area contributed by atoms with E-state index in [0.29, 0.717) is 0 Å². The van der Waals surface area contributed by atoms with Crippen LogP contribution in [0.4, 0.5) is 17.1 Å². The van der Waals surface area contributed by atoms with Gasteiger partial charge in [0.15, 0.2) is 0 Å². The summed E-state index contributed by atoms with van der Waals surface area (Å²) in [5.41, 5.74) is 13.9. The van der Waals surface area contributed by atoms with Gasteiger partial charge < -0.3 is 9.32 Å². The molecule has 1 spiro atoms. The highest BCUT2D eigenvalue weighted by Gasteiger charge is 2.57. The Morgan fingerprint density at radius 2 is 1.31 bits per heavy atom. The van der Waals surface area contributed by atoms with E-state index in [1.165, 1.54) is 70.1 Å². The summed E-state index contributed by atoms with van der Waals surface area (Å²) in [6.45, 7) is 0. The topological polar surface area (TPSA) is 16.4 Å². The van der Waals surface area contributed by atoms with E-state index in [-0.39, 0.29) is 5.41 Å². The zero-order chi connectivity index (χ0) is 32.1. The molecule has 3 aliphatic rings. The number of hydrogen-bond acceptors (Lipinski definition) is 2. The standard InChI is InChI=1S/C47H35NO/c1-2-9-33-27-37(24-19-31(33)8-1)48(36-22-17-32(18-23-36)34-20-25-45-40(28-34)38-10-4-6-15-44(38)49-45)43-14-7-13-42-46(43)39-11-3-5-12-41(39)47(42)29-30-16-21-35(47)26-30/h1-15,17-20,22-25,27-28,30,35H,16,21,26,29H2.